The first kappa shape index (κ1) is 8.97. The molecule has 0 aromatic carbocycles. The van der Waals surface area contributed by atoms with Gasteiger partial charge in [0.2, 0.25) is 0 Å². The summed E-state index contributed by atoms with van der Waals surface area (Å²) in [6.45, 7) is 3.87. The molecule has 1 aliphatic heterocycles. The average molecular weight is 160 g/mol. The van der Waals surface area contributed by atoms with E-state index in [4.69, 9.17) is 9.47 Å². The summed E-state index contributed by atoms with van der Waals surface area (Å²) >= 11 is 0. The Balaban J connectivity index is 2.56. The van der Waals surface area contributed by atoms with Crippen molar-refractivity contribution in [1.82, 2.24) is 0 Å². The molecule has 3 nitrogen and oxygen atoms in total. The normalized spacial score (nSPS) is 37.1. The van der Waals surface area contributed by atoms with Crippen LogP contribution in [0.4, 0.5) is 0 Å². The van der Waals surface area contributed by atoms with Crippen molar-refractivity contribution in [2.45, 2.75) is 44.7 Å². The first-order valence-corrected chi connectivity index (χ1v) is 3.95. The number of hydrogen-bond donors (Lipinski definition) is 1. The molecule has 66 valence electrons. The van der Waals surface area contributed by atoms with Gasteiger partial charge in [-0.1, -0.05) is 0 Å². The summed E-state index contributed by atoms with van der Waals surface area (Å²) in [5.41, 5.74) is -0.355. The quantitative estimate of drug-likeness (QED) is 0.619. The molecular formula is C8H16O3. The molecule has 1 aliphatic rings. The lowest BCUT2D eigenvalue weighted by molar-refractivity contribution is -0.243. The number of aliphatic hydroxyl groups is 1. The molecule has 0 bridgehead atoms. The summed E-state index contributed by atoms with van der Waals surface area (Å²) < 4.78 is 10.5. The molecule has 0 aliphatic carbocycles. The zero-order valence-corrected chi connectivity index (χ0v) is 7.33. The van der Waals surface area contributed by atoms with Gasteiger partial charge in [0.05, 0.1) is 11.7 Å². The fourth-order valence-electron chi connectivity index (χ4n) is 1.53. The summed E-state index contributed by atoms with van der Waals surface area (Å²) in [6, 6.07) is 0. The smallest absolute Gasteiger partial charge is 0.155 e. The van der Waals surface area contributed by atoms with Crippen molar-refractivity contribution in [2.24, 2.45) is 0 Å². The van der Waals surface area contributed by atoms with Gasteiger partial charge in [-0.15, -0.1) is 0 Å². The predicted octanol–water partition coefficient (Wildman–Crippen LogP) is 0.909. The van der Waals surface area contributed by atoms with E-state index in [-0.39, 0.29) is 11.7 Å². The lowest BCUT2D eigenvalue weighted by atomic mass is 9.94. The van der Waals surface area contributed by atoms with Gasteiger partial charge in [0, 0.05) is 13.5 Å². The van der Waals surface area contributed by atoms with Crippen LogP contribution in [0, 0.1) is 0 Å². The minimum Gasteiger partial charge on any atom is -0.378 e. The van der Waals surface area contributed by atoms with Crippen LogP contribution in [0.25, 0.3) is 0 Å². The van der Waals surface area contributed by atoms with E-state index in [2.05, 4.69) is 0 Å². The van der Waals surface area contributed by atoms with Gasteiger partial charge in [-0.3, -0.25) is 0 Å². The monoisotopic (exact) mass is 160 g/mol. The average Bonchev–Trinajstić information content (AvgIpc) is 1.85. The highest BCUT2D eigenvalue weighted by atomic mass is 16.6. The number of aliphatic hydroxyl groups excluding tert-OH is 1. The second-order valence-corrected chi connectivity index (χ2v) is 3.48. The molecule has 1 heterocycles. The third-order valence-electron chi connectivity index (χ3n) is 2.18. The van der Waals surface area contributed by atoms with Crippen LogP contribution in [-0.4, -0.2) is 30.2 Å². The molecule has 3 heteroatoms. The van der Waals surface area contributed by atoms with Crippen molar-refractivity contribution in [2.75, 3.05) is 7.11 Å². The van der Waals surface area contributed by atoms with Crippen LogP contribution in [0.1, 0.15) is 26.7 Å². The van der Waals surface area contributed by atoms with Crippen molar-refractivity contribution in [1.29, 1.82) is 0 Å². The Morgan fingerprint density at radius 1 is 1.45 bits per heavy atom. The molecule has 11 heavy (non-hydrogen) atoms. The SMILES string of the molecule is CO[C@@H]1CC[C@H](O)OC1(C)C. The van der Waals surface area contributed by atoms with Crippen molar-refractivity contribution in [3.63, 3.8) is 0 Å². The zero-order chi connectivity index (χ0) is 8.48. The maximum atomic E-state index is 9.18. The third-order valence-corrected chi connectivity index (χ3v) is 2.18. The zero-order valence-electron chi connectivity index (χ0n) is 7.33. The van der Waals surface area contributed by atoms with Crippen molar-refractivity contribution < 1.29 is 14.6 Å². The topological polar surface area (TPSA) is 38.7 Å². The number of methoxy groups -OCH3 is 1. The molecule has 0 amide bonds. The van der Waals surface area contributed by atoms with Crippen molar-refractivity contribution >= 4 is 0 Å². The van der Waals surface area contributed by atoms with Crippen LogP contribution in [0.5, 0.6) is 0 Å². The summed E-state index contributed by atoms with van der Waals surface area (Å²) in [4.78, 5) is 0. The van der Waals surface area contributed by atoms with Gasteiger partial charge >= 0.3 is 0 Å². The molecule has 1 N–H and O–H groups in total. The molecular weight excluding hydrogens is 144 g/mol. The van der Waals surface area contributed by atoms with E-state index in [1.54, 1.807) is 7.11 Å². The summed E-state index contributed by atoms with van der Waals surface area (Å²) in [6.07, 6.45) is 1.02. The van der Waals surface area contributed by atoms with Crippen LogP contribution in [-0.2, 0) is 9.47 Å². The van der Waals surface area contributed by atoms with E-state index in [1.807, 2.05) is 13.8 Å². The molecule has 0 radical (unpaired) electrons. The van der Waals surface area contributed by atoms with Gasteiger partial charge in [0.25, 0.3) is 0 Å². The lowest BCUT2D eigenvalue weighted by Gasteiger charge is -2.39. The molecule has 2 atom stereocenters. The van der Waals surface area contributed by atoms with E-state index in [0.717, 1.165) is 6.42 Å². The third kappa shape index (κ3) is 1.92. The van der Waals surface area contributed by atoms with Crippen molar-refractivity contribution in [3.8, 4) is 0 Å². The van der Waals surface area contributed by atoms with Gasteiger partial charge < -0.3 is 14.6 Å². The van der Waals surface area contributed by atoms with Crippen LogP contribution in [0.2, 0.25) is 0 Å². The highest BCUT2D eigenvalue weighted by molar-refractivity contribution is 4.84. The minimum atomic E-state index is -0.614. The van der Waals surface area contributed by atoms with E-state index >= 15 is 0 Å². The fourth-order valence-corrected chi connectivity index (χ4v) is 1.53. The maximum Gasteiger partial charge on any atom is 0.155 e. The van der Waals surface area contributed by atoms with Gasteiger partial charge in [-0.05, 0) is 20.3 Å². The fraction of sp³-hybridized carbons (Fsp3) is 1.00. The van der Waals surface area contributed by atoms with Crippen molar-refractivity contribution in [3.05, 3.63) is 0 Å². The largest absolute Gasteiger partial charge is 0.378 e. The standard InChI is InChI=1S/C8H16O3/c1-8(2)6(10-3)4-5-7(9)11-8/h6-7,9H,4-5H2,1-3H3/t6-,7-/m1/s1. The second-order valence-electron chi connectivity index (χ2n) is 3.48. The molecule has 1 fully saturated rings. The van der Waals surface area contributed by atoms with Gasteiger partial charge in [-0.25, -0.2) is 0 Å². The van der Waals surface area contributed by atoms with Gasteiger partial charge in [0.1, 0.15) is 0 Å². The minimum absolute atomic E-state index is 0.103. The highest BCUT2D eigenvalue weighted by Crippen LogP contribution is 2.29. The number of hydrogen-bond acceptors (Lipinski definition) is 3. The Bertz CT molecular complexity index is 133. The van der Waals surface area contributed by atoms with E-state index in [0.29, 0.717) is 6.42 Å². The molecule has 0 spiro atoms. The Hall–Kier alpha value is -0.120. The Morgan fingerprint density at radius 3 is 2.55 bits per heavy atom. The maximum absolute atomic E-state index is 9.18. The molecule has 0 aromatic rings. The van der Waals surface area contributed by atoms with Crippen LogP contribution in [0.15, 0.2) is 0 Å². The van der Waals surface area contributed by atoms with Gasteiger partial charge in [0.15, 0.2) is 6.29 Å². The highest BCUT2D eigenvalue weighted by Gasteiger charge is 2.37. The first-order chi connectivity index (χ1) is 5.06. The molecule has 1 saturated heterocycles. The Kier molecular flexibility index (Phi) is 2.52. The summed E-state index contributed by atoms with van der Waals surface area (Å²) in [5.74, 6) is 0. The van der Waals surface area contributed by atoms with Gasteiger partial charge in [-0.2, -0.15) is 0 Å². The molecule has 0 aromatic heterocycles. The van der Waals surface area contributed by atoms with E-state index in [9.17, 15) is 5.11 Å². The van der Waals surface area contributed by atoms with E-state index in [1.165, 1.54) is 0 Å². The second kappa shape index (κ2) is 3.09. The predicted molar refractivity (Wildman–Crippen MR) is 41.2 cm³/mol. The number of ether oxygens (including phenoxy) is 2. The summed E-state index contributed by atoms with van der Waals surface area (Å²) in [7, 11) is 1.67. The number of rotatable bonds is 1. The molecule has 0 unspecified atom stereocenters. The Labute approximate surface area is 67.3 Å². The Morgan fingerprint density at radius 2 is 2.09 bits per heavy atom. The lowest BCUT2D eigenvalue weighted by Crippen LogP contribution is -2.47. The first-order valence-electron chi connectivity index (χ1n) is 3.95. The van der Waals surface area contributed by atoms with E-state index < -0.39 is 6.29 Å². The van der Waals surface area contributed by atoms with Crippen LogP contribution < -0.4 is 0 Å². The summed E-state index contributed by atoms with van der Waals surface area (Å²) in [5, 5.41) is 9.18. The van der Waals surface area contributed by atoms with Crippen LogP contribution in [0.3, 0.4) is 0 Å². The van der Waals surface area contributed by atoms with Crippen LogP contribution >= 0.6 is 0 Å². The molecule has 0 saturated carbocycles. The molecule has 1 rings (SSSR count).